The Labute approximate surface area is 126 Å². The molecule has 2 aromatic heterocycles. The Bertz CT molecular complexity index is 1120. The first-order valence-electron chi connectivity index (χ1n) is 7.34. The molecule has 0 spiro atoms. The second kappa shape index (κ2) is 4.21. The number of aromatic nitrogens is 3. The number of rotatable bonds is 1. The highest BCUT2D eigenvalue weighted by Crippen LogP contribution is 2.33. The summed E-state index contributed by atoms with van der Waals surface area (Å²) in [5.74, 6) is 0. The predicted molar refractivity (Wildman–Crippen MR) is 90.4 cm³/mol. The summed E-state index contributed by atoms with van der Waals surface area (Å²) in [6.45, 7) is 0. The van der Waals surface area contributed by atoms with Gasteiger partial charge in [0.2, 0.25) is 0 Å². The molecule has 22 heavy (non-hydrogen) atoms. The van der Waals surface area contributed by atoms with Gasteiger partial charge in [0.15, 0.2) is 0 Å². The van der Waals surface area contributed by atoms with Crippen LogP contribution in [0.15, 0.2) is 72.9 Å². The number of para-hydroxylation sites is 2. The van der Waals surface area contributed by atoms with Crippen LogP contribution in [0.3, 0.4) is 0 Å². The minimum Gasteiger partial charge on any atom is -0.300 e. The van der Waals surface area contributed by atoms with Gasteiger partial charge in [-0.1, -0.05) is 36.4 Å². The summed E-state index contributed by atoms with van der Waals surface area (Å²) in [5, 5.41) is 6.96. The molecule has 0 saturated heterocycles. The van der Waals surface area contributed by atoms with E-state index < -0.39 is 0 Å². The minimum absolute atomic E-state index is 1.04. The smallest absolute Gasteiger partial charge is 0.0818 e. The zero-order chi connectivity index (χ0) is 14.5. The van der Waals surface area contributed by atoms with Crippen molar-refractivity contribution in [2.45, 2.75) is 0 Å². The largest absolute Gasteiger partial charge is 0.300 e. The van der Waals surface area contributed by atoms with E-state index in [1.54, 1.807) is 0 Å². The number of hydrogen-bond acceptors (Lipinski definition) is 1. The van der Waals surface area contributed by atoms with E-state index in [1.165, 1.54) is 21.7 Å². The maximum Gasteiger partial charge on any atom is 0.0818 e. The molecule has 0 bridgehead atoms. The van der Waals surface area contributed by atoms with Gasteiger partial charge >= 0.3 is 0 Å². The second-order valence-electron chi connectivity index (χ2n) is 5.47. The zero-order valence-corrected chi connectivity index (χ0v) is 11.8. The summed E-state index contributed by atoms with van der Waals surface area (Å²) < 4.78 is 2.13. The first-order chi connectivity index (χ1) is 10.9. The molecule has 2 heterocycles. The van der Waals surface area contributed by atoms with Gasteiger partial charge in [0.25, 0.3) is 0 Å². The van der Waals surface area contributed by atoms with Crippen LogP contribution in [-0.2, 0) is 0 Å². The fraction of sp³-hybridized carbons (Fsp3) is 0. The Hall–Kier alpha value is -3.07. The van der Waals surface area contributed by atoms with Gasteiger partial charge in [-0.25, -0.2) is 4.98 Å². The Morgan fingerprint density at radius 3 is 2.50 bits per heavy atom. The summed E-state index contributed by atoms with van der Waals surface area (Å²) in [5.41, 5.74) is 4.39. The molecule has 3 heteroatoms. The highest BCUT2D eigenvalue weighted by atomic mass is 15.3. The molecule has 0 amide bonds. The highest BCUT2D eigenvalue weighted by Gasteiger charge is 2.13. The number of nitrogens with zero attached hydrogens (tertiary/aromatic N) is 2. The minimum atomic E-state index is 1.04. The number of H-pyrrole nitrogens is 1. The lowest BCUT2D eigenvalue weighted by molar-refractivity contribution is 0.914. The summed E-state index contributed by atoms with van der Waals surface area (Å²) >= 11 is 0. The third kappa shape index (κ3) is 1.48. The van der Waals surface area contributed by atoms with E-state index >= 15 is 0 Å². The first kappa shape index (κ1) is 11.6. The molecule has 3 aromatic carbocycles. The molecule has 3 nitrogen and oxygen atoms in total. The molecule has 5 rings (SSSR count). The first-order valence-corrected chi connectivity index (χ1v) is 7.34. The molecule has 0 aliphatic heterocycles. The Morgan fingerprint density at radius 1 is 0.773 bits per heavy atom. The normalized spacial score (nSPS) is 11.6. The fourth-order valence-corrected chi connectivity index (χ4v) is 3.20. The van der Waals surface area contributed by atoms with Crippen LogP contribution in [-0.4, -0.2) is 14.8 Å². The predicted octanol–water partition coefficient (Wildman–Crippen LogP) is 4.66. The van der Waals surface area contributed by atoms with Crippen molar-refractivity contribution in [2.75, 3.05) is 0 Å². The van der Waals surface area contributed by atoms with Gasteiger partial charge in [-0.3, -0.25) is 4.68 Å². The number of fused-ring (bicyclic) bond motifs is 5. The van der Waals surface area contributed by atoms with Crippen LogP contribution >= 0.6 is 0 Å². The summed E-state index contributed by atoms with van der Waals surface area (Å²) in [6, 6.07) is 22.9. The number of benzene rings is 3. The van der Waals surface area contributed by atoms with Crippen molar-refractivity contribution < 1.29 is 0 Å². The van der Waals surface area contributed by atoms with Gasteiger partial charge in [-0.2, -0.15) is 0 Å². The van der Waals surface area contributed by atoms with Gasteiger partial charge in [-0.15, -0.1) is 0 Å². The Morgan fingerprint density at radius 2 is 1.59 bits per heavy atom. The lowest BCUT2D eigenvalue weighted by atomic mass is 10.1. The van der Waals surface area contributed by atoms with Crippen LogP contribution in [0.5, 0.6) is 0 Å². The zero-order valence-electron chi connectivity index (χ0n) is 11.8. The molecule has 0 aliphatic rings. The maximum absolute atomic E-state index is 4.75. The van der Waals surface area contributed by atoms with E-state index in [9.17, 15) is 0 Å². The van der Waals surface area contributed by atoms with E-state index in [0.717, 1.165) is 16.7 Å². The van der Waals surface area contributed by atoms with Crippen molar-refractivity contribution in [1.29, 1.82) is 0 Å². The van der Waals surface area contributed by atoms with Crippen LogP contribution in [0, 0.1) is 0 Å². The summed E-state index contributed by atoms with van der Waals surface area (Å²) in [6.07, 6.45) is 2.05. The van der Waals surface area contributed by atoms with E-state index in [2.05, 4.69) is 64.4 Å². The monoisotopic (exact) mass is 283 g/mol. The standard InChI is InChI=1S/C19H13N3/c1-2-6-14(7-3-1)22-19-13(12-20-22)10-11-17-18(19)15-8-4-5-9-16(15)21-17/h1-12,20H. The molecule has 5 aromatic rings. The van der Waals surface area contributed by atoms with E-state index in [0.29, 0.717) is 0 Å². The molecular weight excluding hydrogens is 270 g/mol. The Kier molecular flexibility index (Phi) is 2.22. The molecule has 0 aliphatic carbocycles. The fourth-order valence-electron chi connectivity index (χ4n) is 3.20. The van der Waals surface area contributed by atoms with Crippen molar-refractivity contribution in [3.05, 3.63) is 72.9 Å². The third-order valence-corrected chi connectivity index (χ3v) is 4.19. The van der Waals surface area contributed by atoms with Gasteiger partial charge in [0, 0.05) is 22.4 Å². The molecule has 0 unspecified atom stereocenters. The molecule has 1 N–H and O–H groups in total. The number of aromatic amines is 1. The Balaban J connectivity index is 2.01. The highest BCUT2D eigenvalue weighted by molar-refractivity contribution is 6.19. The topological polar surface area (TPSA) is 33.6 Å². The van der Waals surface area contributed by atoms with Crippen LogP contribution in [0.25, 0.3) is 38.4 Å². The van der Waals surface area contributed by atoms with Crippen LogP contribution in [0.1, 0.15) is 0 Å². The third-order valence-electron chi connectivity index (χ3n) is 4.19. The van der Waals surface area contributed by atoms with Gasteiger partial charge < -0.3 is 5.10 Å². The quantitative estimate of drug-likeness (QED) is 0.477. The van der Waals surface area contributed by atoms with E-state index in [4.69, 9.17) is 4.98 Å². The molecule has 0 radical (unpaired) electrons. The molecular formula is C19H13N3. The second-order valence-corrected chi connectivity index (χ2v) is 5.47. The number of nitrogens with one attached hydrogen (secondary N) is 1. The van der Waals surface area contributed by atoms with Crippen molar-refractivity contribution in [1.82, 2.24) is 14.8 Å². The van der Waals surface area contributed by atoms with E-state index in [-0.39, 0.29) is 0 Å². The van der Waals surface area contributed by atoms with Crippen LogP contribution in [0.2, 0.25) is 0 Å². The lowest BCUT2D eigenvalue weighted by Gasteiger charge is -2.05. The maximum atomic E-state index is 4.75. The average Bonchev–Trinajstić information content (AvgIpc) is 3.16. The number of hydrogen-bond donors (Lipinski definition) is 1. The molecule has 0 saturated carbocycles. The molecule has 0 fully saturated rings. The van der Waals surface area contributed by atoms with Crippen molar-refractivity contribution in [3.8, 4) is 5.69 Å². The molecule has 104 valence electrons. The SMILES string of the molecule is c1ccc(-n2[nH]cc3ccc4nc5ccccc5c4c32)cc1. The molecule has 0 atom stereocenters. The van der Waals surface area contributed by atoms with E-state index in [1.807, 2.05) is 18.3 Å². The lowest BCUT2D eigenvalue weighted by Crippen LogP contribution is -1.95. The van der Waals surface area contributed by atoms with Crippen molar-refractivity contribution in [3.63, 3.8) is 0 Å². The van der Waals surface area contributed by atoms with Crippen molar-refractivity contribution in [2.24, 2.45) is 0 Å². The van der Waals surface area contributed by atoms with Crippen LogP contribution < -0.4 is 0 Å². The summed E-state index contributed by atoms with van der Waals surface area (Å²) in [7, 11) is 0. The summed E-state index contributed by atoms with van der Waals surface area (Å²) in [4.78, 5) is 4.75. The van der Waals surface area contributed by atoms with Crippen molar-refractivity contribution >= 4 is 32.7 Å². The van der Waals surface area contributed by atoms with Gasteiger partial charge in [-0.05, 0) is 30.3 Å². The van der Waals surface area contributed by atoms with Gasteiger partial charge in [0.1, 0.15) is 0 Å². The van der Waals surface area contributed by atoms with Crippen LogP contribution in [0.4, 0.5) is 0 Å². The average molecular weight is 283 g/mol. The van der Waals surface area contributed by atoms with Gasteiger partial charge in [0.05, 0.1) is 22.2 Å².